The molecule has 2 aliphatic heterocycles. The van der Waals surface area contributed by atoms with Crippen LogP contribution in [-0.4, -0.2) is 43.4 Å². The van der Waals surface area contributed by atoms with Crippen molar-refractivity contribution < 1.29 is 9.59 Å². The number of likely N-dealkylation sites (tertiary alicyclic amines) is 1. The van der Waals surface area contributed by atoms with E-state index in [2.05, 4.69) is 25.5 Å². The van der Waals surface area contributed by atoms with Gasteiger partial charge in [0, 0.05) is 30.0 Å². The molecule has 0 radical (unpaired) electrons. The first kappa shape index (κ1) is 17.8. The zero-order chi connectivity index (χ0) is 21.0. The van der Waals surface area contributed by atoms with Crippen molar-refractivity contribution in [3.8, 4) is 0 Å². The molecule has 152 valence electrons. The number of anilines is 1. The molecule has 0 bridgehead atoms. The monoisotopic (exact) mass is 410 g/mol. The van der Waals surface area contributed by atoms with Gasteiger partial charge in [-0.25, -0.2) is 4.98 Å². The Morgan fingerprint density at radius 1 is 1.10 bits per heavy atom. The Bertz CT molecular complexity index is 1330. The highest BCUT2D eigenvalue weighted by molar-refractivity contribution is 6.08. The van der Waals surface area contributed by atoms with E-state index in [1.54, 1.807) is 29.6 Å². The number of aromatic amines is 1. The molecule has 1 spiro atoms. The number of nitrogens with one attached hydrogen (secondary N) is 2. The molecule has 2 N–H and O–H groups in total. The number of hydrogen-bond acceptors (Lipinski definition) is 5. The zero-order valence-corrected chi connectivity index (χ0v) is 16.4. The SMILES string of the molecule is O=C(c1ccc2cn[nH]c2n1)N1CCC2(C(=O)Nc3ccccc32)C1c1cccnc1. The number of nitrogens with zero attached hydrogens (tertiary/aromatic N) is 4. The van der Waals surface area contributed by atoms with E-state index in [1.807, 2.05) is 42.5 Å². The average molecular weight is 410 g/mol. The second-order valence-electron chi connectivity index (χ2n) is 7.91. The number of carbonyl (C=O) groups is 2. The van der Waals surface area contributed by atoms with Crippen molar-refractivity contribution >= 4 is 28.5 Å². The summed E-state index contributed by atoms with van der Waals surface area (Å²) in [7, 11) is 0. The van der Waals surface area contributed by atoms with Gasteiger partial charge in [0.1, 0.15) is 11.1 Å². The quantitative estimate of drug-likeness (QED) is 0.529. The molecule has 8 nitrogen and oxygen atoms in total. The largest absolute Gasteiger partial charge is 0.329 e. The third-order valence-corrected chi connectivity index (χ3v) is 6.37. The fourth-order valence-electron chi connectivity index (χ4n) is 5.00. The molecular weight excluding hydrogens is 392 g/mol. The van der Waals surface area contributed by atoms with Crippen LogP contribution in [0, 0.1) is 0 Å². The first-order chi connectivity index (χ1) is 15.2. The van der Waals surface area contributed by atoms with Crippen molar-refractivity contribution in [1.82, 2.24) is 25.1 Å². The van der Waals surface area contributed by atoms with Crippen LogP contribution in [0.1, 0.15) is 34.1 Å². The Morgan fingerprint density at radius 3 is 2.87 bits per heavy atom. The number of rotatable bonds is 2. The summed E-state index contributed by atoms with van der Waals surface area (Å²) >= 11 is 0. The summed E-state index contributed by atoms with van der Waals surface area (Å²) in [5, 5.41) is 10.7. The number of carbonyl (C=O) groups excluding carboxylic acids is 2. The fourth-order valence-corrected chi connectivity index (χ4v) is 5.00. The highest BCUT2D eigenvalue weighted by atomic mass is 16.2. The summed E-state index contributed by atoms with van der Waals surface area (Å²) in [5.41, 5.74) is 2.54. The van der Waals surface area contributed by atoms with E-state index in [1.165, 1.54) is 0 Å². The van der Waals surface area contributed by atoms with Crippen molar-refractivity contribution in [1.29, 1.82) is 0 Å². The molecule has 5 heterocycles. The number of amides is 2. The Morgan fingerprint density at radius 2 is 2.00 bits per heavy atom. The van der Waals surface area contributed by atoms with Gasteiger partial charge in [-0.2, -0.15) is 5.10 Å². The molecule has 3 aromatic heterocycles. The van der Waals surface area contributed by atoms with Crippen LogP contribution in [0.25, 0.3) is 11.0 Å². The molecule has 2 aliphatic rings. The lowest BCUT2D eigenvalue weighted by Gasteiger charge is -2.34. The van der Waals surface area contributed by atoms with Gasteiger partial charge in [-0.05, 0) is 41.8 Å². The van der Waals surface area contributed by atoms with Gasteiger partial charge < -0.3 is 10.2 Å². The van der Waals surface area contributed by atoms with E-state index in [9.17, 15) is 9.59 Å². The maximum atomic E-state index is 13.6. The third-order valence-electron chi connectivity index (χ3n) is 6.37. The molecular formula is C23H18N6O2. The van der Waals surface area contributed by atoms with Crippen LogP contribution in [0.15, 0.2) is 67.1 Å². The second kappa shape index (κ2) is 6.46. The Balaban J connectivity index is 1.50. The van der Waals surface area contributed by atoms with Crippen molar-refractivity contribution in [2.45, 2.75) is 17.9 Å². The van der Waals surface area contributed by atoms with Crippen LogP contribution in [0.5, 0.6) is 0 Å². The molecule has 8 heteroatoms. The summed E-state index contributed by atoms with van der Waals surface area (Å²) in [6.45, 7) is 0.433. The van der Waals surface area contributed by atoms with Gasteiger partial charge in [0.2, 0.25) is 5.91 Å². The summed E-state index contributed by atoms with van der Waals surface area (Å²) in [6, 6.07) is 14.5. The lowest BCUT2D eigenvalue weighted by molar-refractivity contribution is -0.121. The van der Waals surface area contributed by atoms with Gasteiger partial charge in [-0.15, -0.1) is 0 Å². The predicted molar refractivity (Wildman–Crippen MR) is 113 cm³/mol. The molecule has 1 saturated heterocycles. The molecule has 0 saturated carbocycles. The lowest BCUT2D eigenvalue weighted by Crippen LogP contribution is -2.42. The number of benzene rings is 1. The van der Waals surface area contributed by atoms with Crippen molar-refractivity contribution in [3.63, 3.8) is 0 Å². The number of aromatic nitrogens is 4. The predicted octanol–water partition coefficient (Wildman–Crippen LogP) is 2.83. The third kappa shape index (κ3) is 2.44. The minimum Gasteiger partial charge on any atom is -0.329 e. The average Bonchev–Trinajstić information content (AvgIpc) is 3.51. The minimum atomic E-state index is -0.868. The van der Waals surface area contributed by atoms with E-state index in [0.29, 0.717) is 24.3 Å². The number of H-pyrrole nitrogens is 1. The standard InChI is InChI=1S/C23H18N6O2/c30-21(18-8-7-15-13-25-28-20(15)26-18)29-11-9-23(19(29)14-4-3-10-24-12-14)16-5-1-2-6-17(16)27-22(23)31/h1-8,10,12-13,19H,9,11H2,(H,27,31)(H,25,26,28). The molecule has 31 heavy (non-hydrogen) atoms. The summed E-state index contributed by atoms with van der Waals surface area (Å²) in [6.07, 6.45) is 5.61. The fraction of sp³-hybridized carbons (Fsp3) is 0.174. The number of hydrogen-bond donors (Lipinski definition) is 2. The summed E-state index contributed by atoms with van der Waals surface area (Å²) in [4.78, 5) is 37.5. The van der Waals surface area contributed by atoms with E-state index in [0.717, 1.165) is 22.2 Å². The Hall–Kier alpha value is -4.07. The van der Waals surface area contributed by atoms with Crippen molar-refractivity contribution in [3.05, 3.63) is 83.9 Å². The van der Waals surface area contributed by atoms with Gasteiger partial charge in [0.15, 0.2) is 5.65 Å². The maximum Gasteiger partial charge on any atom is 0.273 e. The van der Waals surface area contributed by atoms with Gasteiger partial charge in [0.05, 0.1) is 12.2 Å². The van der Waals surface area contributed by atoms with E-state index in [4.69, 9.17) is 0 Å². The smallest absolute Gasteiger partial charge is 0.273 e. The van der Waals surface area contributed by atoms with Crippen LogP contribution in [0.3, 0.4) is 0 Å². The number of fused-ring (bicyclic) bond motifs is 3. The van der Waals surface area contributed by atoms with Crippen molar-refractivity contribution in [2.24, 2.45) is 0 Å². The van der Waals surface area contributed by atoms with Crippen LogP contribution >= 0.6 is 0 Å². The Labute approximate surface area is 177 Å². The molecule has 2 amide bonds. The second-order valence-corrected chi connectivity index (χ2v) is 7.91. The topological polar surface area (TPSA) is 104 Å². The molecule has 6 rings (SSSR count). The number of pyridine rings is 2. The normalized spacial score (nSPS) is 22.1. The minimum absolute atomic E-state index is 0.0881. The van der Waals surface area contributed by atoms with Crippen LogP contribution in [0.2, 0.25) is 0 Å². The van der Waals surface area contributed by atoms with Crippen LogP contribution < -0.4 is 5.32 Å². The molecule has 4 aromatic rings. The highest BCUT2D eigenvalue weighted by Crippen LogP contribution is 2.54. The van der Waals surface area contributed by atoms with Gasteiger partial charge >= 0.3 is 0 Å². The maximum absolute atomic E-state index is 13.6. The number of para-hydroxylation sites is 1. The summed E-state index contributed by atoms with van der Waals surface area (Å²) < 4.78 is 0. The molecule has 2 atom stereocenters. The molecule has 0 aliphatic carbocycles. The van der Waals surface area contributed by atoms with Crippen molar-refractivity contribution in [2.75, 3.05) is 11.9 Å². The lowest BCUT2D eigenvalue weighted by atomic mass is 9.73. The molecule has 1 aromatic carbocycles. The van der Waals surface area contributed by atoms with Gasteiger partial charge in [-0.3, -0.25) is 19.7 Å². The zero-order valence-electron chi connectivity index (χ0n) is 16.4. The van der Waals surface area contributed by atoms with Crippen LogP contribution in [-0.2, 0) is 10.2 Å². The first-order valence-corrected chi connectivity index (χ1v) is 10.1. The van der Waals surface area contributed by atoms with Crippen LogP contribution in [0.4, 0.5) is 5.69 Å². The van der Waals surface area contributed by atoms with E-state index in [-0.39, 0.29) is 11.8 Å². The molecule has 2 unspecified atom stereocenters. The van der Waals surface area contributed by atoms with E-state index >= 15 is 0 Å². The van der Waals surface area contributed by atoms with Gasteiger partial charge in [-0.1, -0.05) is 24.3 Å². The molecule has 1 fully saturated rings. The van der Waals surface area contributed by atoms with Gasteiger partial charge in [0.25, 0.3) is 5.91 Å². The first-order valence-electron chi connectivity index (χ1n) is 10.1. The highest BCUT2D eigenvalue weighted by Gasteiger charge is 2.59. The van der Waals surface area contributed by atoms with E-state index < -0.39 is 11.5 Å². The summed E-state index contributed by atoms with van der Waals surface area (Å²) in [5.74, 6) is -0.311. The Kier molecular flexibility index (Phi) is 3.70.